The normalized spacial score (nSPS) is 13.1. The summed E-state index contributed by atoms with van der Waals surface area (Å²) < 4.78 is 1.71. The lowest BCUT2D eigenvalue weighted by molar-refractivity contribution is 0.595. The van der Waals surface area contributed by atoms with Crippen molar-refractivity contribution in [2.45, 2.75) is 24.9 Å². The molecular formula is C8H15BrN4S. The molecular weight excluding hydrogens is 264 g/mol. The summed E-state index contributed by atoms with van der Waals surface area (Å²) in [5.74, 6) is 1.79. The molecule has 1 unspecified atom stereocenters. The van der Waals surface area contributed by atoms with Crippen LogP contribution in [-0.2, 0) is 7.05 Å². The number of aryl methyl sites for hydroxylation is 1. The molecule has 1 atom stereocenters. The quantitative estimate of drug-likeness (QED) is 0.591. The van der Waals surface area contributed by atoms with Crippen molar-refractivity contribution in [1.29, 1.82) is 0 Å². The predicted molar refractivity (Wildman–Crippen MR) is 61.7 cm³/mol. The van der Waals surface area contributed by atoms with Crippen LogP contribution in [0.1, 0.15) is 19.8 Å². The second-order valence-corrected chi connectivity index (χ2v) is 4.84. The molecule has 0 bridgehead atoms. The van der Waals surface area contributed by atoms with Crippen LogP contribution in [0.15, 0.2) is 5.16 Å². The molecule has 1 heterocycles. The van der Waals surface area contributed by atoms with Gasteiger partial charge in [0.05, 0.1) is 0 Å². The van der Waals surface area contributed by atoms with E-state index < -0.39 is 0 Å². The third kappa shape index (κ3) is 3.57. The Hall–Kier alpha value is -0.100. The van der Waals surface area contributed by atoms with Crippen LogP contribution in [0.5, 0.6) is 0 Å². The molecule has 1 rings (SSSR count). The molecule has 0 saturated heterocycles. The van der Waals surface area contributed by atoms with E-state index in [1.54, 1.807) is 16.4 Å². The second kappa shape index (κ2) is 6.40. The van der Waals surface area contributed by atoms with Crippen molar-refractivity contribution in [1.82, 2.24) is 20.2 Å². The molecule has 1 aromatic rings. The molecule has 80 valence electrons. The number of tetrazole rings is 1. The van der Waals surface area contributed by atoms with Crippen LogP contribution in [0.2, 0.25) is 0 Å². The number of thioether (sulfide) groups is 1. The number of halogens is 1. The molecule has 0 radical (unpaired) electrons. The van der Waals surface area contributed by atoms with Crippen LogP contribution >= 0.6 is 27.7 Å². The summed E-state index contributed by atoms with van der Waals surface area (Å²) in [5.41, 5.74) is 0. The highest BCUT2D eigenvalue weighted by atomic mass is 79.9. The smallest absolute Gasteiger partial charge is 0.209 e. The van der Waals surface area contributed by atoms with Gasteiger partial charge in [0.1, 0.15) is 0 Å². The molecule has 0 N–H and O–H groups in total. The van der Waals surface area contributed by atoms with E-state index in [4.69, 9.17) is 0 Å². The first kappa shape index (κ1) is 12.0. The highest BCUT2D eigenvalue weighted by Crippen LogP contribution is 2.21. The summed E-state index contributed by atoms with van der Waals surface area (Å²) in [6.07, 6.45) is 2.48. The monoisotopic (exact) mass is 278 g/mol. The van der Waals surface area contributed by atoms with Crippen molar-refractivity contribution in [3.63, 3.8) is 0 Å². The largest absolute Gasteiger partial charge is 0.224 e. The maximum Gasteiger partial charge on any atom is 0.209 e. The van der Waals surface area contributed by atoms with E-state index in [1.165, 1.54) is 12.8 Å². The Morgan fingerprint density at radius 1 is 1.57 bits per heavy atom. The zero-order chi connectivity index (χ0) is 10.4. The van der Waals surface area contributed by atoms with Crippen molar-refractivity contribution in [2.75, 3.05) is 11.1 Å². The highest BCUT2D eigenvalue weighted by Gasteiger charge is 2.09. The topological polar surface area (TPSA) is 43.6 Å². The molecule has 0 aromatic carbocycles. The molecule has 0 saturated carbocycles. The first-order valence-corrected chi connectivity index (χ1v) is 6.79. The van der Waals surface area contributed by atoms with Crippen LogP contribution < -0.4 is 0 Å². The number of rotatable bonds is 6. The third-order valence-corrected chi connectivity index (χ3v) is 4.10. The average molecular weight is 279 g/mol. The maximum absolute atomic E-state index is 3.93. The van der Waals surface area contributed by atoms with Gasteiger partial charge in [-0.15, -0.1) is 5.10 Å². The van der Waals surface area contributed by atoms with Crippen LogP contribution in [0.4, 0.5) is 0 Å². The van der Waals surface area contributed by atoms with Crippen molar-refractivity contribution in [3.05, 3.63) is 0 Å². The summed E-state index contributed by atoms with van der Waals surface area (Å²) in [6.45, 7) is 2.21. The van der Waals surface area contributed by atoms with Crippen molar-refractivity contribution in [3.8, 4) is 0 Å². The minimum Gasteiger partial charge on any atom is -0.224 e. The van der Waals surface area contributed by atoms with Gasteiger partial charge in [-0.05, 0) is 22.8 Å². The van der Waals surface area contributed by atoms with Gasteiger partial charge < -0.3 is 0 Å². The second-order valence-electron chi connectivity index (χ2n) is 3.21. The predicted octanol–water partition coefficient (Wildman–Crippen LogP) is 2.11. The fourth-order valence-electron chi connectivity index (χ4n) is 1.15. The molecule has 0 spiro atoms. The Bertz CT molecular complexity index is 266. The van der Waals surface area contributed by atoms with Crippen molar-refractivity contribution in [2.24, 2.45) is 13.0 Å². The minimum atomic E-state index is 0.710. The van der Waals surface area contributed by atoms with Gasteiger partial charge in [0.15, 0.2) is 0 Å². The standard InChI is InChI=1S/C8H15BrN4S/c1-3-4-7(5-9)6-14-8-10-11-12-13(8)2/h7H,3-6H2,1-2H3. The first-order valence-electron chi connectivity index (χ1n) is 4.69. The Kier molecular flexibility index (Phi) is 5.47. The van der Waals surface area contributed by atoms with E-state index in [0.717, 1.165) is 16.2 Å². The van der Waals surface area contributed by atoms with Gasteiger partial charge in [0.25, 0.3) is 0 Å². The third-order valence-electron chi connectivity index (χ3n) is 1.94. The van der Waals surface area contributed by atoms with Gasteiger partial charge >= 0.3 is 0 Å². The fraction of sp³-hybridized carbons (Fsp3) is 0.875. The first-order chi connectivity index (χ1) is 6.77. The van der Waals surface area contributed by atoms with Crippen LogP contribution in [0, 0.1) is 5.92 Å². The molecule has 14 heavy (non-hydrogen) atoms. The zero-order valence-corrected chi connectivity index (χ0v) is 10.9. The van der Waals surface area contributed by atoms with Gasteiger partial charge in [-0.25, -0.2) is 4.68 Å². The van der Waals surface area contributed by atoms with E-state index in [1.807, 2.05) is 7.05 Å². The number of aromatic nitrogens is 4. The Balaban J connectivity index is 2.35. The summed E-state index contributed by atoms with van der Waals surface area (Å²) >= 11 is 5.25. The van der Waals surface area contributed by atoms with Gasteiger partial charge in [0.2, 0.25) is 5.16 Å². The molecule has 0 aliphatic carbocycles. The lowest BCUT2D eigenvalue weighted by Crippen LogP contribution is -2.06. The maximum atomic E-state index is 3.93. The van der Waals surface area contributed by atoms with Gasteiger partial charge in [-0.1, -0.05) is 41.0 Å². The lowest BCUT2D eigenvalue weighted by atomic mass is 10.1. The van der Waals surface area contributed by atoms with E-state index in [0.29, 0.717) is 5.92 Å². The average Bonchev–Trinajstić information content (AvgIpc) is 2.59. The summed E-state index contributed by atoms with van der Waals surface area (Å²) in [7, 11) is 1.87. The molecule has 6 heteroatoms. The zero-order valence-electron chi connectivity index (χ0n) is 8.48. The molecule has 0 fully saturated rings. The van der Waals surface area contributed by atoms with Gasteiger partial charge in [-0.2, -0.15) is 0 Å². The van der Waals surface area contributed by atoms with E-state index in [9.17, 15) is 0 Å². The Morgan fingerprint density at radius 3 is 2.86 bits per heavy atom. The Labute approximate surface area is 97.0 Å². The molecule has 1 aromatic heterocycles. The summed E-state index contributed by atoms with van der Waals surface area (Å²) in [6, 6.07) is 0. The van der Waals surface area contributed by atoms with Gasteiger partial charge in [-0.3, -0.25) is 0 Å². The number of hydrogen-bond acceptors (Lipinski definition) is 4. The van der Waals surface area contributed by atoms with E-state index >= 15 is 0 Å². The van der Waals surface area contributed by atoms with Crippen LogP contribution in [0.25, 0.3) is 0 Å². The fourth-order valence-corrected chi connectivity index (χ4v) is 2.99. The summed E-state index contributed by atoms with van der Waals surface area (Å²) in [4.78, 5) is 0. The SMILES string of the molecule is CCCC(CBr)CSc1nnnn1C. The van der Waals surface area contributed by atoms with Crippen LogP contribution in [-0.4, -0.2) is 31.3 Å². The highest BCUT2D eigenvalue weighted by molar-refractivity contribution is 9.09. The lowest BCUT2D eigenvalue weighted by Gasteiger charge is -2.10. The van der Waals surface area contributed by atoms with Gasteiger partial charge in [0, 0.05) is 18.1 Å². The number of alkyl halides is 1. The van der Waals surface area contributed by atoms with Crippen LogP contribution in [0.3, 0.4) is 0 Å². The number of nitrogens with zero attached hydrogens (tertiary/aromatic N) is 4. The Morgan fingerprint density at radius 2 is 2.36 bits per heavy atom. The minimum absolute atomic E-state index is 0.710. The summed E-state index contributed by atoms with van der Waals surface area (Å²) in [5, 5.41) is 13.3. The molecule has 4 nitrogen and oxygen atoms in total. The molecule has 0 aliphatic heterocycles. The van der Waals surface area contributed by atoms with Crippen molar-refractivity contribution < 1.29 is 0 Å². The van der Waals surface area contributed by atoms with Crippen molar-refractivity contribution >= 4 is 27.7 Å². The van der Waals surface area contributed by atoms with E-state index in [-0.39, 0.29) is 0 Å². The van der Waals surface area contributed by atoms with E-state index in [2.05, 4.69) is 38.4 Å². The molecule has 0 aliphatic rings. The molecule has 0 amide bonds. The number of hydrogen-bond donors (Lipinski definition) is 0.